The minimum atomic E-state index is -0.315. The number of piperazine rings is 1. The molecular formula is C22H22ClN3O3. The lowest BCUT2D eigenvalue weighted by atomic mass is 10.1. The van der Waals surface area contributed by atoms with Gasteiger partial charge in [0.15, 0.2) is 0 Å². The van der Waals surface area contributed by atoms with E-state index in [9.17, 15) is 14.4 Å². The van der Waals surface area contributed by atoms with Gasteiger partial charge in [0.1, 0.15) is 0 Å². The minimum absolute atomic E-state index is 0.0241. The third-order valence-corrected chi connectivity index (χ3v) is 5.68. The van der Waals surface area contributed by atoms with E-state index in [1.807, 2.05) is 29.2 Å². The molecule has 2 aromatic rings. The average molecular weight is 412 g/mol. The van der Waals surface area contributed by atoms with Gasteiger partial charge in [-0.25, -0.2) is 0 Å². The summed E-state index contributed by atoms with van der Waals surface area (Å²) in [5, 5.41) is 0.726. The molecule has 0 atom stereocenters. The molecule has 0 radical (unpaired) electrons. The highest BCUT2D eigenvalue weighted by atomic mass is 35.5. The van der Waals surface area contributed by atoms with Crippen molar-refractivity contribution in [1.82, 2.24) is 14.7 Å². The van der Waals surface area contributed by atoms with Crippen molar-refractivity contribution in [3.63, 3.8) is 0 Å². The van der Waals surface area contributed by atoms with Crippen LogP contribution in [0.4, 0.5) is 0 Å². The second kappa shape index (κ2) is 8.35. The van der Waals surface area contributed by atoms with Gasteiger partial charge in [-0.05, 0) is 29.8 Å². The maximum Gasteiger partial charge on any atom is 0.261 e. The van der Waals surface area contributed by atoms with Gasteiger partial charge in [-0.2, -0.15) is 0 Å². The van der Waals surface area contributed by atoms with Crippen LogP contribution < -0.4 is 0 Å². The number of amides is 3. The van der Waals surface area contributed by atoms with Crippen LogP contribution in [0, 0.1) is 0 Å². The number of halogens is 1. The van der Waals surface area contributed by atoms with E-state index in [1.165, 1.54) is 4.90 Å². The number of carbonyl (C=O) groups excluding carboxylic acids is 3. The molecule has 0 saturated carbocycles. The van der Waals surface area contributed by atoms with Crippen LogP contribution in [-0.2, 0) is 11.3 Å². The standard InChI is InChI=1S/C22H22ClN3O3/c23-17-5-3-4-16(14-17)15-24-10-12-25(13-11-24)20(27)8-9-26-21(28)18-6-1-2-7-19(18)22(26)29/h1-7,14H,8-13,15H2. The molecule has 2 heterocycles. The predicted molar refractivity (Wildman–Crippen MR) is 110 cm³/mol. The highest BCUT2D eigenvalue weighted by Gasteiger charge is 2.35. The van der Waals surface area contributed by atoms with Crippen LogP contribution in [0.1, 0.15) is 32.7 Å². The molecule has 7 heteroatoms. The smallest absolute Gasteiger partial charge is 0.261 e. The molecule has 4 rings (SSSR count). The first-order valence-electron chi connectivity index (χ1n) is 9.73. The molecule has 0 N–H and O–H groups in total. The molecule has 29 heavy (non-hydrogen) atoms. The first-order chi connectivity index (χ1) is 14.0. The molecule has 2 aliphatic heterocycles. The summed E-state index contributed by atoms with van der Waals surface area (Å²) >= 11 is 6.04. The SMILES string of the molecule is O=C(CCN1C(=O)c2ccccc2C1=O)N1CCN(Cc2cccc(Cl)c2)CC1. The molecular weight excluding hydrogens is 390 g/mol. The summed E-state index contributed by atoms with van der Waals surface area (Å²) in [6.45, 7) is 3.77. The van der Waals surface area contributed by atoms with Gasteiger partial charge in [-0.3, -0.25) is 24.2 Å². The Morgan fingerprint density at radius 2 is 1.55 bits per heavy atom. The van der Waals surface area contributed by atoms with E-state index < -0.39 is 0 Å². The molecule has 1 saturated heterocycles. The maximum atomic E-state index is 12.6. The van der Waals surface area contributed by atoms with Gasteiger partial charge in [0, 0.05) is 50.7 Å². The number of hydrogen-bond acceptors (Lipinski definition) is 4. The van der Waals surface area contributed by atoms with Gasteiger partial charge in [0.05, 0.1) is 11.1 Å². The van der Waals surface area contributed by atoms with Crippen LogP contribution in [0.25, 0.3) is 0 Å². The Kier molecular flexibility index (Phi) is 5.65. The molecule has 0 spiro atoms. The zero-order valence-corrected chi connectivity index (χ0v) is 16.8. The van der Waals surface area contributed by atoms with Crippen molar-refractivity contribution in [3.05, 3.63) is 70.2 Å². The third-order valence-electron chi connectivity index (χ3n) is 5.45. The average Bonchev–Trinajstić information content (AvgIpc) is 2.97. The first kappa shape index (κ1) is 19.6. The summed E-state index contributed by atoms with van der Waals surface area (Å²) in [6, 6.07) is 14.6. The molecule has 3 amide bonds. The van der Waals surface area contributed by atoms with Gasteiger partial charge < -0.3 is 4.90 Å². The third kappa shape index (κ3) is 4.18. The zero-order valence-electron chi connectivity index (χ0n) is 16.0. The van der Waals surface area contributed by atoms with Gasteiger partial charge in [0.25, 0.3) is 11.8 Å². The van der Waals surface area contributed by atoms with E-state index in [0.717, 1.165) is 30.2 Å². The van der Waals surface area contributed by atoms with Crippen molar-refractivity contribution in [3.8, 4) is 0 Å². The molecule has 0 aromatic heterocycles. The fourth-order valence-electron chi connectivity index (χ4n) is 3.86. The van der Waals surface area contributed by atoms with Crippen LogP contribution in [0.3, 0.4) is 0 Å². The lowest BCUT2D eigenvalue weighted by Gasteiger charge is -2.35. The molecule has 0 bridgehead atoms. The summed E-state index contributed by atoms with van der Waals surface area (Å²) in [4.78, 5) is 42.7. The van der Waals surface area contributed by atoms with Crippen LogP contribution in [0.5, 0.6) is 0 Å². The molecule has 2 aliphatic rings. The summed E-state index contributed by atoms with van der Waals surface area (Å²) in [6.07, 6.45) is 0.153. The number of benzene rings is 2. The van der Waals surface area contributed by atoms with Crippen molar-refractivity contribution in [2.45, 2.75) is 13.0 Å². The van der Waals surface area contributed by atoms with Crippen LogP contribution >= 0.6 is 11.6 Å². The largest absolute Gasteiger partial charge is 0.340 e. The fourth-order valence-corrected chi connectivity index (χ4v) is 4.07. The number of rotatable bonds is 5. The van der Waals surface area contributed by atoms with E-state index in [1.54, 1.807) is 24.3 Å². The van der Waals surface area contributed by atoms with Gasteiger partial charge in [-0.1, -0.05) is 35.9 Å². The molecule has 2 aromatic carbocycles. The summed E-state index contributed by atoms with van der Waals surface area (Å²) < 4.78 is 0. The number of nitrogens with zero attached hydrogens (tertiary/aromatic N) is 3. The quantitative estimate of drug-likeness (QED) is 0.710. The Hall–Kier alpha value is -2.70. The molecule has 6 nitrogen and oxygen atoms in total. The molecule has 0 unspecified atom stereocenters. The number of fused-ring (bicyclic) bond motifs is 1. The van der Waals surface area contributed by atoms with E-state index in [0.29, 0.717) is 24.2 Å². The van der Waals surface area contributed by atoms with E-state index >= 15 is 0 Å². The molecule has 150 valence electrons. The Labute approximate surface area is 174 Å². The minimum Gasteiger partial charge on any atom is -0.340 e. The van der Waals surface area contributed by atoms with Crippen LogP contribution in [0.15, 0.2) is 48.5 Å². The molecule has 0 aliphatic carbocycles. The highest BCUT2D eigenvalue weighted by Crippen LogP contribution is 2.22. The van der Waals surface area contributed by atoms with E-state index in [-0.39, 0.29) is 30.7 Å². The van der Waals surface area contributed by atoms with Crippen molar-refractivity contribution >= 4 is 29.3 Å². The van der Waals surface area contributed by atoms with E-state index in [4.69, 9.17) is 11.6 Å². The number of imide groups is 1. The van der Waals surface area contributed by atoms with Gasteiger partial charge in [-0.15, -0.1) is 0 Å². The summed E-state index contributed by atoms with van der Waals surface area (Å²) in [5.41, 5.74) is 1.99. The van der Waals surface area contributed by atoms with Crippen molar-refractivity contribution in [1.29, 1.82) is 0 Å². The Balaban J connectivity index is 1.26. The predicted octanol–water partition coefficient (Wildman–Crippen LogP) is 2.67. The lowest BCUT2D eigenvalue weighted by molar-refractivity contribution is -0.133. The fraction of sp³-hybridized carbons (Fsp3) is 0.318. The van der Waals surface area contributed by atoms with Crippen molar-refractivity contribution in [2.75, 3.05) is 32.7 Å². The van der Waals surface area contributed by atoms with Crippen LogP contribution in [0.2, 0.25) is 5.02 Å². The Morgan fingerprint density at radius 1 is 0.897 bits per heavy atom. The molecule has 1 fully saturated rings. The summed E-state index contributed by atoms with van der Waals surface area (Å²) in [7, 11) is 0. The van der Waals surface area contributed by atoms with Crippen molar-refractivity contribution < 1.29 is 14.4 Å². The second-order valence-electron chi connectivity index (χ2n) is 7.34. The van der Waals surface area contributed by atoms with Gasteiger partial charge >= 0.3 is 0 Å². The van der Waals surface area contributed by atoms with Crippen LogP contribution in [-0.4, -0.2) is 65.1 Å². The lowest BCUT2D eigenvalue weighted by Crippen LogP contribution is -2.49. The highest BCUT2D eigenvalue weighted by molar-refractivity contribution is 6.30. The normalized spacial score (nSPS) is 17.0. The summed E-state index contributed by atoms with van der Waals surface area (Å²) in [5.74, 6) is -0.654. The first-order valence-corrected chi connectivity index (χ1v) is 10.1. The topological polar surface area (TPSA) is 60.9 Å². The number of carbonyl (C=O) groups is 3. The Bertz CT molecular complexity index is 919. The van der Waals surface area contributed by atoms with Crippen molar-refractivity contribution in [2.24, 2.45) is 0 Å². The maximum absolute atomic E-state index is 12.6. The monoisotopic (exact) mass is 411 g/mol. The van der Waals surface area contributed by atoms with Gasteiger partial charge in [0.2, 0.25) is 5.91 Å². The zero-order chi connectivity index (χ0) is 20.4. The second-order valence-corrected chi connectivity index (χ2v) is 7.78. The number of hydrogen-bond donors (Lipinski definition) is 0. The Morgan fingerprint density at radius 3 is 2.17 bits per heavy atom. The van der Waals surface area contributed by atoms with E-state index in [2.05, 4.69) is 4.90 Å².